The number of nitrogens with one attached hydrogen (secondary N) is 1. The van der Waals surface area contributed by atoms with E-state index in [1.165, 1.54) is 0 Å². The Morgan fingerprint density at radius 3 is 2.84 bits per heavy atom. The van der Waals surface area contributed by atoms with Gasteiger partial charge in [0.05, 0.1) is 11.6 Å². The second-order valence-corrected chi connectivity index (χ2v) is 5.07. The molecule has 0 spiro atoms. The average molecular weight is 258 g/mol. The Bertz CT molecular complexity index is 515. The Morgan fingerprint density at radius 1 is 1.58 bits per heavy atom. The first-order valence-electron chi connectivity index (χ1n) is 6.58. The molecule has 0 bridgehead atoms. The summed E-state index contributed by atoms with van der Waals surface area (Å²) in [5, 5.41) is 20.8. The molecule has 1 aromatic carbocycles. The molecule has 2 N–H and O–H groups in total. The number of carbonyl (C=O) groups is 1. The zero-order chi connectivity index (χ0) is 13.8. The number of rotatable bonds is 5. The van der Waals surface area contributed by atoms with E-state index in [0.29, 0.717) is 23.5 Å². The SMILES string of the molecule is Cc1cc(C#N)ccc1C(=O)NC(CCO)C1CC1. The predicted octanol–water partition coefficient (Wildman–Crippen LogP) is 1.76. The molecule has 1 atom stereocenters. The molecule has 100 valence electrons. The summed E-state index contributed by atoms with van der Waals surface area (Å²) in [4.78, 5) is 12.2. The predicted molar refractivity (Wildman–Crippen MR) is 71.6 cm³/mol. The first kappa shape index (κ1) is 13.6. The van der Waals surface area contributed by atoms with Crippen LogP contribution in [0.4, 0.5) is 0 Å². The van der Waals surface area contributed by atoms with Gasteiger partial charge in [0.15, 0.2) is 0 Å². The smallest absolute Gasteiger partial charge is 0.251 e. The lowest BCUT2D eigenvalue weighted by molar-refractivity contribution is 0.0923. The molecule has 1 amide bonds. The van der Waals surface area contributed by atoms with Crippen molar-refractivity contribution in [3.05, 3.63) is 34.9 Å². The van der Waals surface area contributed by atoms with Crippen molar-refractivity contribution < 1.29 is 9.90 Å². The van der Waals surface area contributed by atoms with Crippen molar-refractivity contribution in [1.29, 1.82) is 5.26 Å². The van der Waals surface area contributed by atoms with Crippen LogP contribution in [-0.2, 0) is 0 Å². The average Bonchev–Trinajstić information content (AvgIpc) is 3.22. The van der Waals surface area contributed by atoms with Crippen LogP contribution in [0.2, 0.25) is 0 Å². The van der Waals surface area contributed by atoms with Gasteiger partial charge >= 0.3 is 0 Å². The van der Waals surface area contributed by atoms with E-state index in [2.05, 4.69) is 11.4 Å². The molecule has 0 aliphatic heterocycles. The number of benzene rings is 1. The van der Waals surface area contributed by atoms with Crippen LogP contribution < -0.4 is 5.32 Å². The molecule has 1 aliphatic carbocycles. The van der Waals surface area contributed by atoms with E-state index in [9.17, 15) is 4.79 Å². The minimum absolute atomic E-state index is 0.0625. The van der Waals surface area contributed by atoms with Crippen LogP contribution in [0, 0.1) is 24.2 Å². The van der Waals surface area contributed by atoms with Gasteiger partial charge in [-0.2, -0.15) is 5.26 Å². The van der Waals surface area contributed by atoms with Gasteiger partial charge in [0, 0.05) is 18.2 Å². The van der Waals surface area contributed by atoms with Gasteiger partial charge in [0.25, 0.3) is 5.91 Å². The van der Waals surface area contributed by atoms with Crippen molar-refractivity contribution in [1.82, 2.24) is 5.32 Å². The van der Waals surface area contributed by atoms with Crippen LogP contribution in [0.25, 0.3) is 0 Å². The Labute approximate surface area is 113 Å². The summed E-state index contributed by atoms with van der Waals surface area (Å²) in [5.74, 6) is 0.391. The van der Waals surface area contributed by atoms with Crippen LogP contribution in [0.1, 0.15) is 40.7 Å². The van der Waals surface area contributed by atoms with Crippen LogP contribution in [0.5, 0.6) is 0 Å². The van der Waals surface area contributed by atoms with Gasteiger partial charge in [-0.05, 0) is 55.9 Å². The summed E-state index contributed by atoms with van der Waals surface area (Å²) < 4.78 is 0. The summed E-state index contributed by atoms with van der Waals surface area (Å²) in [6.45, 7) is 1.92. The molecular formula is C15H18N2O2. The topological polar surface area (TPSA) is 73.1 Å². The van der Waals surface area contributed by atoms with Crippen molar-refractivity contribution in [3.63, 3.8) is 0 Å². The largest absolute Gasteiger partial charge is 0.396 e. The number of hydrogen-bond donors (Lipinski definition) is 2. The van der Waals surface area contributed by atoms with Gasteiger partial charge in [-0.25, -0.2) is 0 Å². The van der Waals surface area contributed by atoms with Gasteiger partial charge in [0.2, 0.25) is 0 Å². The lowest BCUT2D eigenvalue weighted by atomic mass is 10.0. The third-order valence-electron chi connectivity index (χ3n) is 3.55. The summed E-state index contributed by atoms with van der Waals surface area (Å²) in [6, 6.07) is 7.18. The number of amides is 1. The molecule has 4 heteroatoms. The van der Waals surface area contributed by atoms with Gasteiger partial charge in [0.1, 0.15) is 0 Å². The first-order chi connectivity index (χ1) is 9.15. The van der Waals surface area contributed by atoms with Crippen LogP contribution in [0.3, 0.4) is 0 Å². The number of carbonyl (C=O) groups excluding carboxylic acids is 1. The summed E-state index contributed by atoms with van der Waals surface area (Å²) >= 11 is 0. The van der Waals surface area contributed by atoms with E-state index in [-0.39, 0.29) is 18.6 Å². The molecule has 0 saturated heterocycles. The van der Waals surface area contributed by atoms with Gasteiger partial charge < -0.3 is 10.4 Å². The van der Waals surface area contributed by atoms with Crippen molar-refractivity contribution in [2.45, 2.75) is 32.2 Å². The molecule has 2 rings (SSSR count). The molecule has 1 aliphatic rings. The molecule has 1 fully saturated rings. The Hall–Kier alpha value is -1.86. The fourth-order valence-electron chi connectivity index (χ4n) is 2.30. The number of aliphatic hydroxyl groups excluding tert-OH is 1. The molecule has 0 heterocycles. The third kappa shape index (κ3) is 3.33. The fraction of sp³-hybridized carbons (Fsp3) is 0.467. The molecule has 0 radical (unpaired) electrons. The maximum Gasteiger partial charge on any atom is 0.251 e. The van der Waals surface area contributed by atoms with Crippen molar-refractivity contribution in [2.24, 2.45) is 5.92 Å². The minimum Gasteiger partial charge on any atom is -0.396 e. The van der Waals surface area contributed by atoms with Crippen molar-refractivity contribution >= 4 is 5.91 Å². The highest BCUT2D eigenvalue weighted by atomic mass is 16.3. The second-order valence-electron chi connectivity index (χ2n) is 5.07. The highest BCUT2D eigenvalue weighted by Crippen LogP contribution is 2.34. The van der Waals surface area contributed by atoms with Crippen LogP contribution in [0.15, 0.2) is 18.2 Å². The molecule has 1 aromatic rings. The van der Waals surface area contributed by atoms with Crippen molar-refractivity contribution in [2.75, 3.05) is 6.61 Å². The number of hydrogen-bond acceptors (Lipinski definition) is 3. The quantitative estimate of drug-likeness (QED) is 0.845. The van der Waals surface area contributed by atoms with E-state index in [4.69, 9.17) is 10.4 Å². The third-order valence-corrected chi connectivity index (χ3v) is 3.55. The Balaban J connectivity index is 2.08. The first-order valence-corrected chi connectivity index (χ1v) is 6.58. The van der Waals surface area contributed by atoms with E-state index in [1.807, 2.05) is 6.92 Å². The van der Waals surface area contributed by atoms with Gasteiger partial charge in [-0.1, -0.05) is 0 Å². The zero-order valence-corrected chi connectivity index (χ0v) is 11.0. The minimum atomic E-state index is -0.118. The van der Waals surface area contributed by atoms with E-state index < -0.39 is 0 Å². The molecule has 1 unspecified atom stereocenters. The maximum absolute atomic E-state index is 12.2. The lowest BCUT2D eigenvalue weighted by Gasteiger charge is -2.18. The summed E-state index contributed by atoms with van der Waals surface area (Å²) in [7, 11) is 0. The number of nitrogens with zero attached hydrogens (tertiary/aromatic N) is 1. The maximum atomic E-state index is 12.2. The van der Waals surface area contributed by atoms with Gasteiger partial charge in [-0.15, -0.1) is 0 Å². The monoisotopic (exact) mass is 258 g/mol. The van der Waals surface area contributed by atoms with E-state index in [1.54, 1.807) is 18.2 Å². The van der Waals surface area contributed by atoms with Crippen LogP contribution >= 0.6 is 0 Å². The van der Waals surface area contributed by atoms with Gasteiger partial charge in [-0.3, -0.25) is 4.79 Å². The number of nitriles is 1. The molecule has 4 nitrogen and oxygen atoms in total. The normalized spacial score (nSPS) is 15.6. The standard InChI is InChI=1S/C15H18N2O2/c1-10-8-11(9-16)2-5-13(10)15(19)17-14(6-7-18)12-3-4-12/h2,5,8,12,14,18H,3-4,6-7H2,1H3,(H,17,19). The molecule has 1 saturated carbocycles. The van der Waals surface area contributed by atoms with Crippen molar-refractivity contribution in [3.8, 4) is 6.07 Å². The second kappa shape index (κ2) is 5.85. The Kier molecular flexibility index (Phi) is 4.18. The number of aryl methyl sites for hydroxylation is 1. The lowest BCUT2D eigenvalue weighted by Crippen LogP contribution is -2.37. The number of aliphatic hydroxyl groups is 1. The molecule has 0 aromatic heterocycles. The Morgan fingerprint density at radius 2 is 2.32 bits per heavy atom. The van der Waals surface area contributed by atoms with E-state index >= 15 is 0 Å². The van der Waals surface area contributed by atoms with Crippen LogP contribution in [-0.4, -0.2) is 23.7 Å². The highest BCUT2D eigenvalue weighted by molar-refractivity contribution is 5.96. The summed E-state index contributed by atoms with van der Waals surface area (Å²) in [5.41, 5.74) is 1.96. The zero-order valence-electron chi connectivity index (χ0n) is 11.0. The summed E-state index contributed by atoms with van der Waals surface area (Å²) in [6.07, 6.45) is 2.85. The molecular weight excluding hydrogens is 240 g/mol. The molecule has 19 heavy (non-hydrogen) atoms. The van der Waals surface area contributed by atoms with E-state index in [0.717, 1.165) is 18.4 Å². The fourth-order valence-corrected chi connectivity index (χ4v) is 2.30. The highest BCUT2D eigenvalue weighted by Gasteiger charge is 2.32.